The van der Waals surface area contributed by atoms with Crippen molar-refractivity contribution in [3.63, 3.8) is 0 Å². The van der Waals surface area contributed by atoms with Crippen LogP contribution in [-0.4, -0.2) is 21.7 Å². The second-order valence-electron chi connectivity index (χ2n) is 2.67. The number of pyridine rings is 1. The molecule has 13 heavy (non-hydrogen) atoms. The van der Waals surface area contributed by atoms with Crippen molar-refractivity contribution < 1.29 is 10.0 Å². The van der Waals surface area contributed by atoms with E-state index in [1.54, 1.807) is 31.5 Å². The molecule has 0 amide bonds. The predicted molar refractivity (Wildman–Crippen MR) is 48.1 cm³/mol. The molecule has 0 aliphatic carbocycles. The van der Waals surface area contributed by atoms with E-state index in [1.165, 1.54) is 0 Å². The van der Waals surface area contributed by atoms with Gasteiger partial charge < -0.3 is 5.21 Å². The Morgan fingerprint density at radius 1 is 1.54 bits per heavy atom. The number of ketones is 1. The third-order valence-electron chi connectivity index (χ3n) is 1.59. The molecule has 68 valence electrons. The first-order valence-electron chi connectivity index (χ1n) is 3.85. The molecule has 0 fully saturated rings. The first-order valence-corrected chi connectivity index (χ1v) is 3.85. The van der Waals surface area contributed by atoms with E-state index in [0.29, 0.717) is 11.3 Å². The summed E-state index contributed by atoms with van der Waals surface area (Å²) in [6, 6.07) is 3.26. The second-order valence-corrected chi connectivity index (χ2v) is 2.67. The lowest BCUT2D eigenvalue weighted by molar-refractivity contribution is 0.0999. The van der Waals surface area contributed by atoms with Crippen molar-refractivity contribution in [2.24, 2.45) is 5.16 Å². The molecule has 0 radical (unpaired) electrons. The molecule has 0 unspecified atom stereocenters. The van der Waals surface area contributed by atoms with Crippen molar-refractivity contribution in [3.05, 3.63) is 30.1 Å². The molecule has 1 aromatic rings. The van der Waals surface area contributed by atoms with E-state index >= 15 is 0 Å². The minimum Gasteiger partial charge on any atom is -0.411 e. The lowest BCUT2D eigenvalue weighted by Gasteiger charge is -1.97. The van der Waals surface area contributed by atoms with Gasteiger partial charge in [-0.05, 0) is 19.1 Å². The van der Waals surface area contributed by atoms with E-state index in [-0.39, 0.29) is 12.2 Å². The highest BCUT2D eigenvalue weighted by Gasteiger charge is 2.06. The topological polar surface area (TPSA) is 62.5 Å². The van der Waals surface area contributed by atoms with Gasteiger partial charge in [0.15, 0.2) is 5.78 Å². The van der Waals surface area contributed by atoms with Crippen LogP contribution in [0.25, 0.3) is 0 Å². The molecule has 0 saturated carbocycles. The van der Waals surface area contributed by atoms with Crippen LogP contribution in [0.2, 0.25) is 0 Å². The first-order chi connectivity index (χ1) is 6.24. The molecule has 0 aliphatic rings. The largest absolute Gasteiger partial charge is 0.411 e. The van der Waals surface area contributed by atoms with Gasteiger partial charge in [0.1, 0.15) is 0 Å². The summed E-state index contributed by atoms with van der Waals surface area (Å²) in [5, 5.41) is 11.3. The summed E-state index contributed by atoms with van der Waals surface area (Å²) in [5.41, 5.74) is 0.986. The van der Waals surface area contributed by atoms with Crippen molar-refractivity contribution in [2.45, 2.75) is 13.3 Å². The van der Waals surface area contributed by atoms with Crippen LogP contribution in [0.5, 0.6) is 0 Å². The summed E-state index contributed by atoms with van der Waals surface area (Å²) in [5.74, 6) is -0.0716. The van der Waals surface area contributed by atoms with E-state index in [4.69, 9.17) is 5.21 Å². The summed E-state index contributed by atoms with van der Waals surface area (Å²) in [7, 11) is 0. The van der Waals surface area contributed by atoms with E-state index in [2.05, 4.69) is 10.1 Å². The number of carbonyl (C=O) groups excluding carboxylic acids is 1. The zero-order valence-electron chi connectivity index (χ0n) is 7.27. The molecule has 1 heterocycles. The van der Waals surface area contributed by atoms with Crippen LogP contribution in [-0.2, 0) is 0 Å². The van der Waals surface area contributed by atoms with Gasteiger partial charge in [0.2, 0.25) is 0 Å². The van der Waals surface area contributed by atoms with Gasteiger partial charge in [0, 0.05) is 18.0 Å². The minimum absolute atomic E-state index is 0.0716. The number of nitrogens with zero attached hydrogens (tertiary/aromatic N) is 2. The maximum atomic E-state index is 11.4. The molecule has 0 aliphatic heterocycles. The molecule has 1 rings (SSSR count). The van der Waals surface area contributed by atoms with Crippen molar-refractivity contribution in [3.8, 4) is 0 Å². The van der Waals surface area contributed by atoms with Crippen LogP contribution in [0.1, 0.15) is 23.7 Å². The third kappa shape index (κ3) is 2.66. The zero-order valence-corrected chi connectivity index (χ0v) is 7.27. The fourth-order valence-corrected chi connectivity index (χ4v) is 0.908. The van der Waals surface area contributed by atoms with Crippen molar-refractivity contribution in [1.82, 2.24) is 4.98 Å². The fraction of sp³-hybridized carbons (Fsp3) is 0.222. The van der Waals surface area contributed by atoms with Gasteiger partial charge in [0.05, 0.1) is 12.1 Å². The summed E-state index contributed by atoms with van der Waals surface area (Å²) in [4.78, 5) is 15.2. The maximum Gasteiger partial charge on any atom is 0.168 e. The Morgan fingerprint density at radius 2 is 2.15 bits per heavy atom. The van der Waals surface area contributed by atoms with Crippen LogP contribution < -0.4 is 0 Å². The van der Waals surface area contributed by atoms with E-state index < -0.39 is 0 Å². The number of oxime groups is 1. The van der Waals surface area contributed by atoms with Gasteiger partial charge in [-0.1, -0.05) is 5.16 Å². The fourth-order valence-electron chi connectivity index (χ4n) is 0.908. The van der Waals surface area contributed by atoms with E-state index in [0.717, 1.165) is 0 Å². The summed E-state index contributed by atoms with van der Waals surface area (Å²) in [6.45, 7) is 1.60. The highest BCUT2D eigenvalue weighted by atomic mass is 16.4. The molecular formula is C9H10N2O2. The summed E-state index contributed by atoms with van der Waals surface area (Å²) in [6.07, 6.45) is 3.25. The molecule has 0 aromatic carbocycles. The molecule has 0 atom stereocenters. The Hall–Kier alpha value is -1.71. The average molecular weight is 178 g/mol. The quantitative estimate of drug-likeness (QED) is 0.330. The lowest BCUT2D eigenvalue weighted by Crippen LogP contribution is -2.05. The molecule has 1 N–H and O–H groups in total. The number of Topliss-reactive ketones (excluding diaryl/α,β-unsaturated/α-hetero) is 1. The summed E-state index contributed by atoms with van der Waals surface area (Å²) < 4.78 is 0. The smallest absolute Gasteiger partial charge is 0.168 e. The highest BCUT2D eigenvalue weighted by Crippen LogP contribution is 2.02. The number of hydrogen-bond donors (Lipinski definition) is 1. The monoisotopic (exact) mass is 178 g/mol. The van der Waals surface area contributed by atoms with Gasteiger partial charge in [-0.2, -0.15) is 0 Å². The normalized spacial score (nSPS) is 11.3. The van der Waals surface area contributed by atoms with Gasteiger partial charge in [-0.3, -0.25) is 9.78 Å². The van der Waals surface area contributed by atoms with E-state index in [1.807, 2.05) is 0 Å². The SMILES string of the molecule is C/C(CC(=O)c1ccncc1)=N/O. The molecule has 0 bridgehead atoms. The van der Waals surface area contributed by atoms with Crippen molar-refractivity contribution in [2.75, 3.05) is 0 Å². The van der Waals surface area contributed by atoms with Crippen LogP contribution in [0.4, 0.5) is 0 Å². The zero-order chi connectivity index (χ0) is 9.68. The van der Waals surface area contributed by atoms with Gasteiger partial charge >= 0.3 is 0 Å². The standard InChI is InChI=1S/C9H10N2O2/c1-7(11-13)6-9(12)8-2-4-10-5-3-8/h2-5,13H,6H2,1H3/b11-7-. The molecule has 1 aromatic heterocycles. The Morgan fingerprint density at radius 3 is 2.69 bits per heavy atom. The van der Waals surface area contributed by atoms with E-state index in [9.17, 15) is 4.79 Å². The van der Waals surface area contributed by atoms with Gasteiger partial charge in [-0.15, -0.1) is 0 Å². The average Bonchev–Trinajstić information content (AvgIpc) is 2.19. The Kier molecular flexibility index (Phi) is 3.14. The summed E-state index contributed by atoms with van der Waals surface area (Å²) >= 11 is 0. The number of hydrogen-bond acceptors (Lipinski definition) is 4. The van der Waals surface area contributed by atoms with Crippen molar-refractivity contribution >= 4 is 11.5 Å². The first kappa shape index (κ1) is 9.38. The van der Waals surface area contributed by atoms with Gasteiger partial charge in [0.25, 0.3) is 0 Å². The minimum atomic E-state index is -0.0716. The number of carbonyl (C=O) groups is 1. The predicted octanol–water partition coefficient (Wildman–Crippen LogP) is 1.50. The Labute approximate surface area is 75.9 Å². The molecule has 0 saturated heterocycles. The Balaban J connectivity index is 2.70. The molecule has 4 nitrogen and oxygen atoms in total. The molecule has 4 heteroatoms. The number of rotatable bonds is 3. The maximum absolute atomic E-state index is 11.4. The highest BCUT2D eigenvalue weighted by molar-refractivity contribution is 6.08. The van der Waals surface area contributed by atoms with Gasteiger partial charge in [-0.25, -0.2) is 0 Å². The van der Waals surface area contributed by atoms with Crippen molar-refractivity contribution in [1.29, 1.82) is 0 Å². The number of aromatic nitrogens is 1. The molecular weight excluding hydrogens is 168 g/mol. The van der Waals surface area contributed by atoms with Crippen LogP contribution in [0, 0.1) is 0 Å². The third-order valence-corrected chi connectivity index (χ3v) is 1.59. The molecule has 0 spiro atoms. The van der Waals surface area contributed by atoms with Crippen LogP contribution >= 0.6 is 0 Å². The van der Waals surface area contributed by atoms with Crippen LogP contribution in [0.3, 0.4) is 0 Å². The Bertz CT molecular complexity index is 320. The van der Waals surface area contributed by atoms with Crippen LogP contribution in [0.15, 0.2) is 29.7 Å². The second kappa shape index (κ2) is 4.35. The lowest BCUT2D eigenvalue weighted by atomic mass is 10.1.